The van der Waals surface area contributed by atoms with Crippen LogP contribution >= 0.6 is 11.6 Å². The molecular weight excluding hydrogens is 302 g/mol. The first-order chi connectivity index (χ1) is 10.7. The van der Waals surface area contributed by atoms with Gasteiger partial charge in [0.15, 0.2) is 12.4 Å². The maximum Gasteiger partial charge on any atom is 0.231 e. The lowest BCUT2D eigenvalue weighted by Gasteiger charge is -2.03. The highest BCUT2D eigenvalue weighted by atomic mass is 35.5. The zero-order chi connectivity index (χ0) is 15.5. The van der Waals surface area contributed by atoms with Crippen LogP contribution < -0.4 is 9.47 Å². The van der Waals surface area contributed by atoms with Crippen LogP contribution in [-0.4, -0.2) is 12.4 Å². The molecule has 0 spiro atoms. The molecule has 108 valence electrons. The molecule has 22 heavy (non-hydrogen) atoms. The smallest absolute Gasteiger partial charge is 0.231 e. The monoisotopic (exact) mass is 311 g/mol. The summed E-state index contributed by atoms with van der Waals surface area (Å²) in [5.41, 5.74) is 1.25. The number of hydrogen-bond acceptors (Lipinski definition) is 4. The summed E-state index contributed by atoms with van der Waals surface area (Å²) in [6, 6.07) is 13.9. The third-order valence-electron chi connectivity index (χ3n) is 3.09. The Morgan fingerprint density at radius 2 is 2.14 bits per heavy atom. The Morgan fingerprint density at radius 1 is 1.27 bits per heavy atom. The fraction of sp³-hybridized carbons (Fsp3) is 0.0588. The number of Topliss-reactive ketones (excluding diaryl/α,β-unsaturated/α-hetero) is 1. The normalized spacial score (nSPS) is 14.4. The van der Waals surface area contributed by atoms with Gasteiger partial charge in [0, 0.05) is 11.1 Å². The van der Waals surface area contributed by atoms with E-state index in [-0.39, 0.29) is 18.1 Å². The second-order valence-corrected chi connectivity index (χ2v) is 5.04. The minimum Gasteiger partial charge on any atom is -0.479 e. The molecule has 0 fully saturated rings. The molecule has 1 aliphatic rings. The van der Waals surface area contributed by atoms with Gasteiger partial charge in [0.2, 0.25) is 5.78 Å². The third kappa shape index (κ3) is 2.80. The van der Waals surface area contributed by atoms with Crippen LogP contribution in [0.5, 0.6) is 11.5 Å². The van der Waals surface area contributed by atoms with Gasteiger partial charge in [-0.2, -0.15) is 5.26 Å². The molecule has 0 aromatic heterocycles. The third-order valence-corrected chi connectivity index (χ3v) is 3.33. The van der Waals surface area contributed by atoms with E-state index in [1.807, 2.05) is 12.1 Å². The average Bonchev–Trinajstić information content (AvgIpc) is 2.81. The van der Waals surface area contributed by atoms with E-state index in [0.29, 0.717) is 22.1 Å². The summed E-state index contributed by atoms with van der Waals surface area (Å²) >= 11 is 5.93. The molecule has 5 heteroatoms. The number of hydrogen-bond donors (Lipinski definition) is 0. The number of rotatable bonds is 3. The van der Waals surface area contributed by atoms with Gasteiger partial charge in [0.1, 0.15) is 17.6 Å². The van der Waals surface area contributed by atoms with Crippen LogP contribution in [0.1, 0.15) is 15.9 Å². The SMILES string of the molecule is N#CCOc1ccc2c(c1)O/C(=C\c1cccc(Cl)c1)C2=O. The van der Waals surface area contributed by atoms with Gasteiger partial charge in [-0.25, -0.2) is 0 Å². The lowest BCUT2D eigenvalue weighted by Crippen LogP contribution is -1.97. The number of ether oxygens (including phenoxy) is 2. The highest BCUT2D eigenvalue weighted by molar-refractivity contribution is 6.30. The Kier molecular flexibility index (Phi) is 3.82. The molecule has 0 bridgehead atoms. The molecule has 0 radical (unpaired) electrons. The van der Waals surface area contributed by atoms with Crippen molar-refractivity contribution in [3.63, 3.8) is 0 Å². The van der Waals surface area contributed by atoms with Crippen molar-refractivity contribution in [2.75, 3.05) is 6.61 Å². The van der Waals surface area contributed by atoms with Crippen LogP contribution in [0, 0.1) is 11.3 Å². The second-order valence-electron chi connectivity index (χ2n) is 4.60. The van der Waals surface area contributed by atoms with Crippen molar-refractivity contribution in [2.45, 2.75) is 0 Å². The zero-order valence-corrected chi connectivity index (χ0v) is 12.1. The Morgan fingerprint density at radius 3 is 2.91 bits per heavy atom. The number of fused-ring (bicyclic) bond motifs is 1. The van der Waals surface area contributed by atoms with Crippen LogP contribution in [0.25, 0.3) is 6.08 Å². The molecule has 1 aliphatic heterocycles. The summed E-state index contributed by atoms with van der Waals surface area (Å²) in [6.45, 7) is -0.0576. The highest BCUT2D eigenvalue weighted by Gasteiger charge is 2.27. The van der Waals surface area contributed by atoms with Crippen molar-refractivity contribution in [3.8, 4) is 17.6 Å². The van der Waals surface area contributed by atoms with E-state index in [1.165, 1.54) is 0 Å². The topological polar surface area (TPSA) is 59.3 Å². The Hall–Kier alpha value is -2.77. The number of nitriles is 1. The van der Waals surface area contributed by atoms with Crippen LogP contribution in [0.15, 0.2) is 48.2 Å². The first-order valence-electron chi connectivity index (χ1n) is 6.51. The summed E-state index contributed by atoms with van der Waals surface area (Å²) in [7, 11) is 0. The molecule has 2 aromatic carbocycles. The fourth-order valence-electron chi connectivity index (χ4n) is 2.12. The Bertz CT molecular complexity index is 821. The molecule has 0 aliphatic carbocycles. The number of carbonyl (C=O) groups excluding carboxylic acids is 1. The molecule has 2 aromatic rings. The number of ketones is 1. The van der Waals surface area contributed by atoms with Gasteiger partial charge in [-0.3, -0.25) is 4.79 Å². The molecule has 0 atom stereocenters. The van der Waals surface area contributed by atoms with Gasteiger partial charge in [-0.05, 0) is 35.9 Å². The standard InChI is InChI=1S/C17H10ClNO3/c18-12-3-1-2-11(8-12)9-16-17(20)14-5-4-13(21-7-6-19)10-15(14)22-16/h1-5,8-10H,7H2/b16-9-. The molecule has 3 rings (SSSR count). The van der Waals surface area contributed by atoms with Gasteiger partial charge in [0.25, 0.3) is 0 Å². The predicted octanol–water partition coefficient (Wildman–Crippen LogP) is 3.86. The molecular formula is C17H10ClNO3. The average molecular weight is 312 g/mol. The van der Waals surface area contributed by atoms with E-state index in [0.717, 1.165) is 5.56 Å². The Labute approximate surface area is 132 Å². The zero-order valence-electron chi connectivity index (χ0n) is 11.4. The van der Waals surface area contributed by atoms with Gasteiger partial charge in [-0.15, -0.1) is 0 Å². The summed E-state index contributed by atoms with van der Waals surface area (Å²) < 4.78 is 10.8. The van der Waals surface area contributed by atoms with Crippen molar-refractivity contribution in [2.24, 2.45) is 0 Å². The van der Waals surface area contributed by atoms with E-state index >= 15 is 0 Å². The lowest BCUT2D eigenvalue weighted by atomic mass is 10.1. The van der Waals surface area contributed by atoms with E-state index in [9.17, 15) is 4.79 Å². The first kappa shape index (κ1) is 14.2. The number of carbonyl (C=O) groups is 1. The lowest BCUT2D eigenvalue weighted by molar-refractivity contribution is 0.101. The molecule has 0 saturated carbocycles. The molecule has 0 N–H and O–H groups in total. The van der Waals surface area contributed by atoms with Crippen molar-refractivity contribution < 1.29 is 14.3 Å². The summed E-state index contributed by atoms with van der Waals surface area (Å²) in [5, 5.41) is 9.10. The van der Waals surface area contributed by atoms with Gasteiger partial charge in [-0.1, -0.05) is 23.7 Å². The molecule has 0 saturated heterocycles. The number of nitrogens with zero attached hydrogens (tertiary/aromatic N) is 1. The molecule has 4 nitrogen and oxygen atoms in total. The molecule has 0 amide bonds. The predicted molar refractivity (Wildman–Crippen MR) is 81.9 cm³/mol. The molecule has 0 unspecified atom stereocenters. The van der Waals surface area contributed by atoms with E-state index in [1.54, 1.807) is 42.5 Å². The summed E-state index contributed by atoms with van der Waals surface area (Å²) in [6.07, 6.45) is 1.64. The summed E-state index contributed by atoms with van der Waals surface area (Å²) in [4.78, 5) is 12.3. The van der Waals surface area contributed by atoms with Gasteiger partial charge < -0.3 is 9.47 Å². The second kappa shape index (κ2) is 5.92. The van der Waals surface area contributed by atoms with Crippen molar-refractivity contribution in [3.05, 3.63) is 64.4 Å². The Balaban J connectivity index is 1.89. The van der Waals surface area contributed by atoms with Crippen LogP contribution in [0.4, 0.5) is 0 Å². The first-order valence-corrected chi connectivity index (χ1v) is 6.89. The fourth-order valence-corrected chi connectivity index (χ4v) is 2.32. The van der Waals surface area contributed by atoms with Crippen molar-refractivity contribution >= 4 is 23.5 Å². The summed E-state index contributed by atoms with van der Waals surface area (Å²) in [5.74, 6) is 0.947. The van der Waals surface area contributed by atoms with Crippen LogP contribution in [0.3, 0.4) is 0 Å². The highest BCUT2D eigenvalue weighted by Crippen LogP contribution is 2.34. The maximum absolute atomic E-state index is 12.3. The van der Waals surface area contributed by atoms with E-state index < -0.39 is 0 Å². The number of benzene rings is 2. The minimum absolute atomic E-state index is 0.0576. The van der Waals surface area contributed by atoms with Gasteiger partial charge >= 0.3 is 0 Å². The van der Waals surface area contributed by atoms with Crippen molar-refractivity contribution in [1.29, 1.82) is 5.26 Å². The van der Waals surface area contributed by atoms with Crippen LogP contribution in [0.2, 0.25) is 5.02 Å². The minimum atomic E-state index is -0.193. The van der Waals surface area contributed by atoms with E-state index in [2.05, 4.69) is 0 Å². The van der Waals surface area contributed by atoms with Gasteiger partial charge in [0.05, 0.1) is 5.56 Å². The number of halogens is 1. The quantitative estimate of drug-likeness (QED) is 0.808. The van der Waals surface area contributed by atoms with E-state index in [4.69, 9.17) is 26.3 Å². The molecule has 1 heterocycles. The largest absolute Gasteiger partial charge is 0.479 e. The van der Waals surface area contributed by atoms with Crippen molar-refractivity contribution in [1.82, 2.24) is 0 Å². The van der Waals surface area contributed by atoms with Crippen LogP contribution in [-0.2, 0) is 0 Å². The maximum atomic E-state index is 12.3. The number of allylic oxidation sites excluding steroid dienone is 1.